The summed E-state index contributed by atoms with van der Waals surface area (Å²) in [5.74, 6) is -0.284. The van der Waals surface area contributed by atoms with Crippen LogP contribution >= 0.6 is 35.2 Å². The van der Waals surface area contributed by atoms with E-state index in [1.165, 1.54) is 43.8 Å². The van der Waals surface area contributed by atoms with Crippen molar-refractivity contribution in [2.75, 3.05) is 19.5 Å². The Balaban J connectivity index is 1.65. The van der Waals surface area contributed by atoms with E-state index in [0.717, 1.165) is 0 Å². The minimum Gasteiger partial charge on any atom is -0.495 e. The Morgan fingerprint density at radius 3 is 2.55 bits per heavy atom. The van der Waals surface area contributed by atoms with Crippen molar-refractivity contribution < 1.29 is 18.7 Å². The summed E-state index contributed by atoms with van der Waals surface area (Å²) in [6, 6.07) is 9.22. The summed E-state index contributed by atoms with van der Waals surface area (Å²) in [6.45, 7) is 0. The van der Waals surface area contributed by atoms with Crippen molar-refractivity contribution in [3.05, 3.63) is 58.2 Å². The number of anilines is 1. The number of thiazole rings is 1. The summed E-state index contributed by atoms with van der Waals surface area (Å²) in [6.07, 6.45) is 0. The summed E-state index contributed by atoms with van der Waals surface area (Å²) in [7, 11) is 2.89. The largest absolute Gasteiger partial charge is 0.495 e. The van der Waals surface area contributed by atoms with E-state index in [-0.39, 0.29) is 10.9 Å². The molecule has 0 unspecified atom stereocenters. The van der Waals surface area contributed by atoms with Gasteiger partial charge in [-0.2, -0.15) is 0 Å². The highest BCUT2D eigenvalue weighted by molar-refractivity contribution is 7.80. The molecule has 2 aromatic carbocycles. The molecule has 0 spiro atoms. The van der Waals surface area contributed by atoms with Crippen LogP contribution in [0.4, 0.5) is 9.52 Å². The second kappa shape index (κ2) is 9.17. The Morgan fingerprint density at radius 2 is 1.90 bits per heavy atom. The van der Waals surface area contributed by atoms with Crippen LogP contribution < -0.4 is 20.1 Å². The van der Waals surface area contributed by atoms with E-state index in [4.69, 9.17) is 33.3 Å². The first-order chi connectivity index (χ1) is 13.9. The van der Waals surface area contributed by atoms with Crippen molar-refractivity contribution in [2.24, 2.45) is 0 Å². The molecule has 1 amide bonds. The summed E-state index contributed by atoms with van der Waals surface area (Å²) in [4.78, 5) is 16.7. The van der Waals surface area contributed by atoms with E-state index in [0.29, 0.717) is 32.7 Å². The average Bonchev–Trinajstić information content (AvgIpc) is 3.16. The fourth-order valence-electron chi connectivity index (χ4n) is 2.40. The second-order valence-corrected chi connectivity index (χ2v) is 7.32. The smallest absolute Gasteiger partial charge is 0.257 e. The topological polar surface area (TPSA) is 72.5 Å². The molecule has 1 aromatic heterocycles. The molecule has 3 rings (SSSR count). The Labute approximate surface area is 180 Å². The van der Waals surface area contributed by atoms with Gasteiger partial charge in [0.15, 0.2) is 21.8 Å². The first-order valence-electron chi connectivity index (χ1n) is 8.16. The van der Waals surface area contributed by atoms with Crippen LogP contribution in [0.2, 0.25) is 5.02 Å². The number of carbonyl (C=O) groups is 1. The van der Waals surface area contributed by atoms with Gasteiger partial charge in [-0.3, -0.25) is 10.1 Å². The lowest BCUT2D eigenvalue weighted by molar-refractivity contribution is 0.0977. The van der Waals surface area contributed by atoms with Crippen LogP contribution in [0.15, 0.2) is 41.8 Å². The van der Waals surface area contributed by atoms with Crippen molar-refractivity contribution in [1.29, 1.82) is 0 Å². The number of aromatic nitrogens is 1. The number of carbonyl (C=O) groups excluding carboxylic acids is 1. The van der Waals surface area contributed by atoms with Crippen LogP contribution in [0, 0.1) is 5.82 Å². The van der Waals surface area contributed by atoms with Gasteiger partial charge in [0.25, 0.3) is 5.91 Å². The van der Waals surface area contributed by atoms with E-state index >= 15 is 0 Å². The number of halogens is 2. The van der Waals surface area contributed by atoms with Crippen LogP contribution in [0.5, 0.6) is 11.5 Å². The zero-order valence-electron chi connectivity index (χ0n) is 15.3. The predicted octanol–water partition coefficient (Wildman–Crippen LogP) is 4.75. The number of nitrogens with zero attached hydrogens (tertiary/aromatic N) is 1. The van der Waals surface area contributed by atoms with Crippen LogP contribution in [0.3, 0.4) is 0 Å². The number of benzene rings is 2. The SMILES string of the molecule is COc1ccc(-c2csc(NC(=S)NC(=O)c3ccc(OC)c(Cl)c3)n2)cc1F. The molecule has 29 heavy (non-hydrogen) atoms. The maximum atomic E-state index is 13.9. The van der Waals surface area contributed by atoms with Crippen molar-refractivity contribution in [3.8, 4) is 22.8 Å². The van der Waals surface area contributed by atoms with Crippen LogP contribution in [0.25, 0.3) is 11.3 Å². The molecular formula is C19H15ClFN3O3S2. The molecule has 0 radical (unpaired) electrons. The lowest BCUT2D eigenvalue weighted by Crippen LogP contribution is -2.34. The van der Waals surface area contributed by atoms with Gasteiger partial charge in [-0.25, -0.2) is 9.37 Å². The monoisotopic (exact) mass is 451 g/mol. The molecule has 0 fully saturated rings. The predicted molar refractivity (Wildman–Crippen MR) is 116 cm³/mol. The van der Waals surface area contributed by atoms with Gasteiger partial charge in [0, 0.05) is 16.5 Å². The second-order valence-electron chi connectivity index (χ2n) is 5.64. The minimum atomic E-state index is -0.478. The summed E-state index contributed by atoms with van der Waals surface area (Å²) < 4.78 is 23.9. The minimum absolute atomic E-state index is 0.0729. The third-order valence-corrected chi connectivity index (χ3v) is 5.07. The van der Waals surface area contributed by atoms with Gasteiger partial charge in [0.05, 0.1) is 24.9 Å². The highest BCUT2D eigenvalue weighted by Crippen LogP contribution is 2.28. The van der Waals surface area contributed by atoms with E-state index in [9.17, 15) is 9.18 Å². The maximum absolute atomic E-state index is 13.9. The lowest BCUT2D eigenvalue weighted by atomic mass is 10.1. The number of thiocarbonyl (C=S) groups is 1. The molecule has 3 aromatic rings. The van der Waals surface area contributed by atoms with Crippen LogP contribution in [-0.4, -0.2) is 30.2 Å². The zero-order chi connectivity index (χ0) is 21.0. The Hall–Kier alpha value is -2.75. The fraction of sp³-hybridized carbons (Fsp3) is 0.105. The Bertz CT molecular complexity index is 1070. The van der Waals surface area contributed by atoms with Crippen LogP contribution in [0.1, 0.15) is 10.4 Å². The zero-order valence-corrected chi connectivity index (χ0v) is 17.7. The number of hydrogen-bond donors (Lipinski definition) is 2. The van der Waals surface area contributed by atoms with Crippen molar-refractivity contribution in [2.45, 2.75) is 0 Å². The molecule has 0 aliphatic rings. The number of methoxy groups -OCH3 is 2. The van der Waals surface area contributed by atoms with Gasteiger partial charge in [-0.15, -0.1) is 11.3 Å². The van der Waals surface area contributed by atoms with Crippen molar-refractivity contribution in [1.82, 2.24) is 10.3 Å². The summed E-state index contributed by atoms with van der Waals surface area (Å²) >= 11 is 12.5. The van der Waals surface area contributed by atoms with Crippen LogP contribution in [-0.2, 0) is 0 Å². The molecule has 0 saturated carbocycles. The van der Waals surface area contributed by atoms with Gasteiger partial charge in [-0.05, 0) is 48.6 Å². The van der Waals surface area contributed by atoms with E-state index in [1.807, 2.05) is 0 Å². The lowest BCUT2D eigenvalue weighted by Gasteiger charge is -2.09. The molecule has 150 valence electrons. The first-order valence-corrected chi connectivity index (χ1v) is 9.83. The maximum Gasteiger partial charge on any atom is 0.257 e. The van der Waals surface area contributed by atoms with Gasteiger partial charge < -0.3 is 14.8 Å². The van der Waals surface area contributed by atoms with E-state index < -0.39 is 11.7 Å². The number of ether oxygens (including phenoxy) is 2. The highest BCUT2D eigenvalue weighted by Gasteiger charge is 2.13. The van der Waals surface area contributed by atoms with E-state index in [2.05, 4.69) is 15.6 Å². The summed E-state index contributed by atoms with van der Waals surface area (Å²) in [5.41, 5.74) is 1.49. The molecule has 6 nitrogen and oxygen atoms in total. The molecule has 0 saturated heterocycles. The van der Waals surface area contributed by atoms with Gasteiger partial charge in [-0.1, -0.05) is 11.6 Å². The van der Waals surface area contributed by atoms with Crippen molar-refractivity contribution >= 4 is 51.3 Å². The Kier molecular flexibility index (Phi) is 6.63. The number of amides is 1. The molecule has 1 heterocycles. The quantitative estimate of drug-likeness (QED) is 0.545. The highest BCUT2D eigenvalue weighted by atomic mass is 35.5. The molecule has 10 heteroatoms. The van der Waals surface area contributed by atoms with Crippen molar-refractivity contribution in [3.63, 3.8) is 0 Å². The molecule has 0 atom stereocenters. The molecule has 0 aliphatic carbocycles. The molecule has 0 bridgehead atoms. The molecule has 0 aliphatic heterocycles. The Morgan fingerprint density at radius 1 is 1.17 bits per heavy atom. The summed E-state index contributed by atoms with van der Waals surface area (Å²) in [5, 5.41) is 7.98. The third-order valence-electron chi connectivity index (χ3n) is 3.81. The standard InChI is InChI=1S/C19H15ClFN3O3S2/c1-26-15-5-4-11(7-12(15)20)17(25)23-18(28)24-19-22-14(9-29-19)10-3-6-16(27-2)13(21)8-10/h3-9H,1-2H3,(H2,22,23,24,25,28). The molecular weight excluding hydrogens is 437 g/mol. The number of rotatable bonds is 5. The third kappa shape index (κ3) is 5.00. The van der Waals surface area contributed by atoms with E-state index in [1.54, 1.807) is 23.6 Å². The van der Waals surface area contributed by atoms with Gasteiger partial charge >= 0.3 is 0 Å². The molecule has 2 N–H and O–H groups in total. The van der Waals surface area contributed by atoms with Gasteiger partial charge in [0.1, 0.15) is 5.75 Å². The average molecular weight is 452 g/mol. The van der Waals surface area contributed by atoms with Gasteiger partial charge in [0.2, 0.25) is 0 Å². The number of nitrogens with one attached hydrogen (secondary N) is 2. The fourth-order valence-corrected chi connectivity index (χ4v) is 3.64. The number of hydrogen-bond acceptors (Lipinski definition) is 6. The normalized spacial score (nSPS) is 10.3. The first kappa shape index (κ1) is 21.0.